The van der Waals surface area contributed by atoms with Crippen LogP contribution in [0.1, 0.15) is 0 Å². The van der Waals surface area contributed by atoms with Gasteiger partial charge in [-0.15, -0.1) is 0 Å². The van der Waals surface area contributed by atoms with Gasteiger partial charge in [-0.3, -0.25) is 4.31 Å². The predicted molar refractivity (Wildman–Crippen MR) is 118 cm³/mol. The maximum absolute atomic E-state index is 13.4. The Morgan fingerprint density at radius 2 is 1.55 bits per heavy atom. The SMILES string of the molecule is COc1cccc(OC[C@@H](O)CN(c2ccccc2OC)S(=O)(=O)c2ccccc2)c1. The van der Waals surface area contributed by atoms with Gasteiger partial charge in [-0.25, -0.2) is 8.42 Å². The molecule has 0 spiro atoms. The lowest BCUT2D eigenvalue weighted by Gasteiger charge is -2.28. The van der Waals surface area contributed by atoms with Crippen molar-refractivity contribution in [2.45, 2.75) is 11.0 Å². The highest BCUT2D eigenvalue weighted by molar-refractivity contribution is 7.92. The van der Waals surface area contributed by atoms with Crippen molar-refractivity contribution in [2.24, 2.45) is 0 Å². The number of hydrogen-bond acceptors (Lipinski definition) is 6. The van der Waals surface area contributed by atoms with Crippen molar-refractivity contribution in [2.75, 3.05) is 31.7 Å². The summed E-state index contributed by atoms with van der Waals surface area (Å²) in [6, 6.07) is 21.8. The molecule has 3 aromatic rings. The van der Waals surface area contributed by atoms with Gasteiger partial charge in [0.25, 0.3) is 10.0 Å². The topological polar surface area (TPSA) is 85.3 Å². The van der Waals surface area contributed by atoms with E-state index in [1.165, 1.54) is 19.2 Å². The fraction of sp³-hybridized carbons (Fsp3) is 0.217. The molecule has 0 aliphatic carbocycles. The zero-order valence-electron chi connectivity index (χ0n) is 17.3. The lowest BCUT2D eigenvalue weighted by Crippen LogP contribution is -2.40. The van der Waals surface area contributed by atoms with Crippen LogP contribution in [0.2, 0.25) is 0 Å². The van der Waals surface area contributed by atoms with Crippen LogP contribution >= 0.6 is 0 Å². The second-order valence-electron chi connectivity index (χ2n) is 6.66. The zero-order chi connectivity index (χ0) is 22.3. The highest BCUT2D eigenvalue weighted by Crippen LogP contribution is 2.32. The van der Waals surface area contributed by atoms with Crippen LogP contribution < -0.4 is 18.5 Å². The number of benzene rings is 3. The van der Waals surface area contributed by atoms with E-state index < -0.39 is 16.1 Å². The van der Waals surface area contributed by atoms with Gasteiger partial charge in [-0.05, 0) is 36.4 Å². The number of aliphatic hydroxyl groups is 1. The molecule has 0 saturated carbocycles. The average Bonchev–Trinajstić information content (AvgIpc) is 2.81. The lowest BCUT2D eigenvalue weighted by molar-refractivity contribution is 0.114. The Bertz CT molecular complexity index is 1090. The van der Waals surface area contributed by atoms with Crippen LogP contribution in [0.3, 0.4) is 0 Å². The van der Waals surface area contributed by atoms with Gasteiger partial charge in [0.05, 0.1) is 31.3 Å². The molecule has 0 unspecified atom stereocenters. The van der Waals surface area contributed by atoms with E-state index in [-0.39, 0.29) is 18.0 Å². The van der Waals surface area contributed by atoms with E-state index in [0.29, 0.717) is 22.9 Å². The van der Waals surface area contributed by atoms with Crippen molar-refractivity contribution in [1.82, 2.24) is 0 Å². The molecule has 164 valence electrons. The number of para-hydroxylation sites is 2. The van der Waals surface area contributed by atoms with E-state index in [1.54, 1.807) is 73.8 Å². The number of nitrogens with zero attached hydrogens (tertiary/aromatic N) is 1. The van der Waals surface area contributed by atoms with Gasteiger partial charge in [0.2, 0.25) is 0 Å². The maximum atomic E-state index is 13.4. The molecule has 3 aromatic carbocycles. The van der Waals surface area contributed by atoms with Gasteiger partial charge in [0.1, 0.15) is 30.0 Å². The molecule has 0 aliphatic heterocycles. The minimum Gasteiger partial charge on any atom is -0.497 e. The summed E-state index contributed by atoms with van der Waals surface area (Å²) in [6.07, 6.45) is -1.10. The molecule has 0 amide bonds. The Morgan fingerprint density at radius 3 is 2.26 bits per heavy atom. The molecule has 1 atom stereocenters. The largest absolute Gasteiger partial charge is 0.497 e. The first-order valence-electron chi connectivity index (χ1n) is 9.61. The lowest BCUT2D eigenvalue weighted by atomic mass is 10.2. The minimum absolute atomic E-state index is 0.108. The molecule has 8 heteroatoms. The summed E-state index contributed by atoms with van der Waals surface area (Å²) in [4.78, 5) is 0.113. The van der Waals surface area contributed by atoms with Crippen LogP contribution in [-0.4, -0.2) is 47.0 Å². The second kappa shape index (κ2) is 10.2. The molecule has 1 N–H and O–H groups in total. The summed E-state index contributed by atoms with van der Waals surface area (Å²) in [7, 11) is -0.942. The van der Waals surface area contributed by atoms with Crippen LogP contribution in [-0.2, 0) is 10.0 Å². The fourth-order valence-electron chi connectivity index (χ4n) is 3.01. The van der Waals surface area contributed by atoms with Crippen molar-refractivity contribution in [3.05, 3.63) is 78.9 Å². The van der Waals surface area contributed by atoms with Gasteiger partial charge in [0, 0.05) is 6.07 Å². The summed E-state index contributed by atoms with van der Waals surface area (Å²) in [5, 5.41) is 10.6. The first kappa shape index (κ1) is 22.5. The number of rotatable bonds is 10. The minimum atomic E-state index is -3.96. The maximum Gasteiger partial charge on any atom is 0.264 e. The zero-order valence-corrected chi connectivity index (χ0v) is 18.2. The van der Waals surface area contributed by atoms with E-state index >= 15 is 0 Å². The number of methoxy groups -OCH3 is 2. The first-order valence-corrected chi connectivity index (χ1v) is 11.1. The van der Waals surface area contributed by atoms with Crippen LogP contribution in [0.15, 0.2) is 83.8 Å². The van der Waals surface area contributed by atoms with E-state index in [2.05, 4.69) is 0 Å². The monoisotopic (exact) mass is 443 g/mol. The molecule has 0 fully saturated rings. The summed E-state index contributed by atoms with van der Waals surface area (Å²) in [6.45, 7) is -0.329. The van der Waals surface area contributed by atoms with Crippen LogP contribution in [0.5, 0.6) is 17.2 Å². The molecule has 0 aliphatic rings. The fourth-order valence-corrected chi connectivity index (χ4v) is 4.54. The molecule has 0 bridgehead atoms. The number of ether oxygens (including phenoxy) is 3. The predicted octanol–water partition coefficient (Wildman–Crippen LogP) is 3.34. The van der Waals surface area contributed by atoms with E-state index in [9.17, 15) is 13.5 Å². The average molecular weight is 444 g/mol. The highest BCUT2D eigenvalue weighted by atomic mass is 32.2. The highest BCUT2D eigenvalue weighted by Gasteiger charge is 2.29. The number of aliphatic hydroxyl groups excluding tert-OH is 1. The van der Waals surface area contributed by atoms with Crippen molar-refractivity contribution in [3.8, 4) is 17.2 Å². The molecule has 0 saturated heterocycles. The Labute approximate surface area is 182 Å². The molecule has 0 radical (unpaired) electrons. The normalized spacial score (nSPS) is 12.1. The van der Waals surface area contributed by atoms with E-state index in [1.807, 2.05) is 0 Å². The third-order valence-electron chi connectivity index (χ3n) is 4.55. The number of anilines is 1. The second-order valence-corrected chi connectivity index (χ2v) is 8.53. The van der Waals surface area contributed by atoms with Gasteiger partial charge < -0.3 is 19.3 Å². The summed E-state index contributed by atoms with van der Waals surface area (Å²) < 4.78 is 44.1. The number of sulfonamides is 1. The smallest absolute Gasteiger partial charge is 0.264 e. The Hall–Kier alpha value is -3.23. The molecular weight excluding hydrogens is 418 g/mol. The Balaban J connectivity index is 1.86. The standard InChI is InChI=1S/C23H25NO6S/c1-28-19-9-8-10-20(15-19)30-17-18(25)16-24(22-13-6-7-14-23(22)29-2)31(26,27)21-11-4-3-5-12-21/h3-15,18,25H,16-17H2,1-2H3/t18-/m0/s1. The van der Waals surface area contributed by atoms with Gasteiger partial charge in [-0.2, -0.15) is 0 Å². The van der Waals surface area contributed by atoms with Crippen molar-refractivity contribution < 1.29 is 27.7 Å². The third kappa shape index (κ3) is 5.48. The number of hydrogen-bond donors (Lipinski definition) is 1. The van der Waals surface area contributed by atoms with Crippen LogP contribution in [0, 0.1) is 0 Å². The van der Waals surface area contributed by atoms with Gasteiger partial charge in [-0.1, -0.05) is 36.4 Å². The van der Waals surface area contributed by atoms with E-state index in [4.69, 9.17) is 14.2 Å². The third-order valence-corrected chi connectivity index (χ3v) is 6.34. The van der Waals surface area contributed by atoms with Gasteiger partial charge in [0.15, 0.2) is 0 Å². The van der Waals surface area contributed by atoms with Crippen molar-refractivity contribution in [1.29, 1.82) is 0 Å². The summed E-state index contributed by atoms with van der Waals surface area (Å²) in [5.41, 5.74) is 0.328. The quantitative estimate of drug-likeness (QED) is 0.517. The van der Waals surface area contributed by atoms with Gasteiger partial charge >= 0.3 is 0 Å². The first-order chi connectivity index (χ1) is 15.0. The summed E-state index contributed by atoms with van der Waals surface area (Å²) in [5.74, 6) is 1.50. The van der Waals surface area contributed by atoms with Crippen LogP contribution in [0.25, 0.3) is 0 Å². The molecule has 31 heavy (non-hydrogen) atoms. The van der Waals surface area contributed by atoms with Crippen LogP contribution in [0.4, 0.5) is 5.69 Å². The molecule has 7 nitrogen and oxygen atoms in total. The van der Waals surface area contributed by atoms with Crippen molar-refractivity contribution >= 4 is 15.7 Å². The molecule has 0 aromatic heterocycles. The Morgan fingerprint density at radius 1 is 0.871 bits per heavy atom. The Kier molecular flexibility index (Phi) is 7.38. The van der Waals surface area contributed by atoms with Crippen molar-refractivity contribution in [3.63, 3.8) is 0 Å². The molecule has 0 heterocycles. The molecular formula is C23H25NO6S. The van der Waals surface area contributed by atoms with E-state index in [0.717, 1.165) is 4.31 Å². The summed E-state index contributed by atoms with van der Waals surface area (Å²) >= 11 is 0. The molecule has 3 rings (SSSR count).